The number of benzene rings is 1. The van der Waals surface area contributed by atoms with E-state index in [1.165, 1.54) is 29.0 Å². The Hall–Kier alpha value is -2.65. The van der Waals surface area contributed by atoms with Crippen LogP contribution in [0, 0.1) is 5.82 Å². The largest absolute Gasteiger partial charge is 0.390 e. The normalized spacial score (nSPS) is 10.4. The third kappa shape index (κ3) is 5.43. The highest BCUT2D eigenvalue weighted by Gasteiger charge is 2.15. The zero-order valence-corrected chi connectivity index (χ0v) is 14.8. The van der Waals surface area contributed by atoms with Gasteiger partial charge >= 0.3 is 0 Å². The van der Waals surface area contributed by atoms with E-state index in [0.29, 0.717) is 17.4 Å². The third-order valence-corrected chi connectivity index (χ3v) is 4.28. The van der Waals surface area contributed by atoms with Crippen molar-refractivity contribution >= 4 is 29.3 Å². The highest BCUT2D eigenvalue weighted by atomic mass is 32.2. The Morgan fingerprint density at radius 2 is 2.12 bits per heavy atom. The van der Waals surface area contributed by atoms with E-state index in [1.807, 2.05) is 0 Å². The average Bonchev–Trinajstić information content (AvgIpc) is 3.01. The summed E-state index contributed by atoms with van der Waals surface area (Å²) in [5.41, 5.74) is 0.553. The summed E-state index contributed by atoms with van der Waals surface area (Å²) >= 11 is 1.09. The number of amides is 2. The molecule has 0 aliphatic carbocycles. The number of carbonyl (C=O) groups excluding carboxylic acids is 2. The summed E-state index contributed by atoms with van der Waals surface area (Å²) < 4.78 is 15.1. The number of anilines is 1. The maximum Gasteiger partial charge on any atom is 0.240 e. The molecule has 0 unspecified atom stereocenters. The first-order chi connectivity index (χ1) is 12.5. The van der Waals surface area contributed by atoms with Crippen LogP contribution in [-0.2, 0) is 22.7 Å². The second kappa shape index (κ2) is 9.73. The van der Waals surface area contributed by atoms with E-state index in [4.69, 9.17) is 0 Å². The Labute approximate surface area is 154 Å². The van der Waals surface area contributed by atoms with Crippen LogP contribution in [0.1, 0.15) is 5.69 Å². The average molecular weight is 378 g/mol. The second-order valence-electron chi connectivity index (χ2n) is 5.19. The van der Waals surface area contributed by atoms with Crippen molar-refractivity contribution in [2.24, 2.45) is 0 Å². The predicted octanol–water partition coefficient (Wildman–Crippen LogP) is 1.55. The van der Waals surface area contributed by atoms with Gasteiger partial charge in [-0.15, -0.1) is 6.58 Å². The number of thioether (sulfide) groups is 1. The summed E-state index contributed by atoms with van der Waals surface area (Å²) in [5.74, 6) is -1.22. The van der Waals surface area contributed by atoms with Gasteiger partial charge in [-0.3, -0.25) is 9.59 Å². The van der Waals surface area contributed by atoms with Crippen molar-refractivity contribution < 1.29 is 19.1 Å². The van der Waals surface area contributed by atoms with Crippen LogP contribution in [-0.4, -0.2) is 38.8 Å². The van der Waals surface area contributed by atoms with Gasteiger partial charge in [0, 0.05) is 6.54 Å². The van der Waals surface area contributed by atoms with Gasteiger partial charge in [0.15, 0.2) is 5.16 Å². The quantitative estimate of drug-likeness (QED) is 0.454. The Morgan fingerprint density at radius 3 is 2.81 bits per heavy atom. The van der Waals surface area contributed by atoms with Crippen LogP contribution in [0.3, 0.4) is 0 Å². The Bertz CT molecular complexity index is 794. The zero-order valence-electron chi connectivity index (χ0n) is 13.9. The van der Waals surface area contributed by atoms with E-state index in [9.17, 15) is 19.1 Å². The van der Waals surface area contributed by atoms with Crippen molar-refractivity contribution in [2.75, 3.05) is 17.6 Å². The lowest BCUT2D eigenvalue weighted by Gasteiger charge is -2.10. The lowest BCUT2D eigenvalue weighted by Crippen LogP contribution is -2.28. The number of imidazole rings is 1. The first kappa shape index (κ1) is 19.7. The highest BCUT2D eigenvalue weighted by molar-refractivity contribution is 7.99. The number of hydrogen-bond donors (Lipinski definition) is 3. The molecule has 0 atom stereocenters. The minimum atomic E-state index is -0.520. The number of nitrogens with zero attached hydrogens (tertiary/aromatic N) is 2. The van der Waals surface area contributed by atoms with Crippen LogP contribution >= 0.6 is 11.8 Å². The third-order valence-electron chi connectivity index (χ3n) is 3.29. The van der Waals surface area contributed by atoms with Gasteiger partial charge < -0.3 is 20.3 Å². The molecule has 0 aliphatic heterocycles. The molecule has 0 fully saturated rings. The van der Waals surface area contributed by atoms with Gasteiger partial charge in [-0.2, -0.15) is 0 Å². The number of aliphatic hydroxyl groups is 1. The van der Waals surface area contributed by atoms with Gasteiger partial charge in [0.2, 0.25) is 11.8 Å². The maximum atomic E-state index is 13.6. The molecule has 7 nitrogen and oxygen atoms in total. The van der Waals surface area contributed by atoms with E-state index in [2.05, 4.69) is 22.2 Å². The van der Waals surface area contributed by atoms with Crippen molar-refractivity contribution in [1.82, 2.24) is 14.9 Å². The fraction of sp³-hybridized carbons (Fsp3) is 0.235. The molecule has 0 bridgehead atoms. The molecule has 9 heteroatoms. The maximum absolute atomic E-state index is 13.6. The van der Waals surface area contributed by atoms with E-state index < -0.39 is 11.7 Å². The molecule has 0 saturated carbocycles. The Morgan fingerprint density at radius 1 is 1.35 bits per heavy atom. The van der Waals surface area contributed by atoms with Crippen LogP contribution in [0.4, 0.5) is 10.1 Å². The first-order valence-corrected chi connectivity index (χ1v) is 8.73. The molecule has 1 aromatic carbocycles. The van der Waals surface area contributed by atoms with Crippen LogP contribution < -0.4 is 10.6 Å². The second-order valence-corrected chi connectivity index (χ2v) is 6.13. The van der Waals surface area contributed by atoms with E-state index in [0.717, 1.165) is 11.8 Å². The van der Waals surface area contributed by atoms with Crippen molar-refractivity contribution in [3.05, 3.63) is 54.6 Å². The highest BCUT2D eigenvalue weighted by Crippen LogP contribution is 2.20. The number of halogens is 1. The number of aromatic nitrogens is 2. The van der Waals surface area contributed by atoms with E-state index in [-0.39, 0.29) is 30.5 Å². The van der Waals surface area contributed by atoms with Gasteiger partial charge in [-0.05, 0) is 12.1 Å². The van der Waals surface area contributed by atoms with E-state index in [1.54, 1.807) is 12.1 Å². The molecule has 0 saturated heterocycles. The molecule has 1 heterocycles. The standard InChI is InChI=1S/C17H19FN4O3S/c1-2-7-19-15(24)9-22-12(10-23)8-20-17(22)26-11-16(25)21-14-6-4-3-5-13(14)18/h2-6,8,23H,1,7,9-11H2,(H,19,24)(H,21,25). The summed E-state index contributed by atoms with van der Waals surface area (Å²) in [6.07, 6.45) is 3.00. The van der Waals surface area contributed by atoms with E-state index >= 15 is 0 Å². The lowest BCUT2D eigenvalue weighted by molar-refractivity contribution is -0.121. The number of aliphatic hydroxyl groups excluding tert-OH is 1. The molecule has 2 aromatic rings. The Kier molecular flexibility index (Phi) is 7.37. The fourth-order valence-corrected chi connectivity index (χ4v) is 2.86. The van der Waals surface area contributed by atoms with Crippen LogP contribution in [0.2, 0.25) is 0 Å². The summed E-state index contributed by atoms with van der Waals surface area (Å²) in [6, 6.07) is 5.87. The number of nitrogens with one attached hydrogen (secondary N) is 2. The fourth-order valence-electron chi connectivity index (χ4n) is 2.07. The first-order valence-electron chi connectivity index (χ1n) is 7.75. The smallest absolute Gasteiger partial charge is 0.240 e. The van der Waals surface area contributed by atoms with Crippen molar-refractivity contribution in [2.45, 2.75) is 18.3 Å². The summed E-state index contributed by atoms with van der Waals surface area (Å²) in [6.45, 7) is 3.52. The van der Waals surface area contributed by atoms with Crippen LogP contribution in [0.25, 0.3) is 0 Å². The molecule has 138 valence electrons. The predicted molar refractivity (Wildman–Crippen MR) is 97.1 cm³/mol. The Balaban J connectivity index is 1.99. The SMILES string of the molecule is C=CCNC(=O)Cn1c(CO)cnc1SCC(=O)Nc1ccccc1F. The molecule has 0 spiro atoms. The summed E-state index contributed by atoms with van der Waals surface area (Å²) in [7, 11) is 0. The zero-order chi connectivity index (χ0) is 18.9. The number of hydrogen-bond acceptors (Lipinski definition) is 5. The monoisotopic (exact) mass is 378 g/mol. The molecular formula is C17H19FN4O3S. The van der Waals surface area contributed by atoms with Crippen LogP contribution in [0.15, 0.2) is 48.3 Å². The lowest BCUT2D eigenvalue weighted by atomic mass is 10.3. The molecular weight excluding hydrogens is 359 g/mol. The topological polar surface area (TPSA) is 96.2 Å². The molecule has 26 heavy (non-hydrogen) atoms. The van der Waals surface area contributed by atoms with Gasteiger partial charge in [-0.1, -0.05) is 30.0 Å². The molecule has 0 aliphatic rings. The number of rotatable bonds is 9. The molecule has 0 radical (unpaired) electrons. The number of para-hydroxylation sites is 1. The molecule has 2 rings (SSSR count). The number of carbonyl (C=O) groups is 2. The molecule has 1 aromatic heterocycles. The van der Waals surface area contributed by atoms with Gasteiger partial charge in [0.1, 0.15) is 12.4 Å². The molecule has 3 N–H and O–H groups in total. The summed E-state index contributed by atoms with van der Waals surface area (Å²) in [4.78, 5) is 28.0. The van der Waals surface area contributed by atoms with Crippen molar-refractivity contribution in [3.63, 3.8) is 0 Å². The van der Waals surface area contributed by atoms with Gasteiger partial charge in [0.05, 0.1) is 29.9 Å². The van der Waals surface area contributed by atoms with Gasteiger partial charge in [-0.25, -0.2) is 9.37 Å². The molecule has 2 amide bonds. The minimum absolute atomic E-state index is 0.0233. The summed E-state index contributed by atoms with van der Waals surface area (Å²) in [5, 5.41) is 14.9. The van der Waals surface area contributed by atoms with Crippen LogP contribution in [0.5, 0.6) is 0 Å². The van der Waals surface area contributed by atoms with Crippen molar-refractivity contribution in [1.29, 1.82) is 0 Å². The minimum Gasteiger partial charge on any atom is -0.390 e. The van der Waals surface area contributed by atoms with Gasteiger partial charge in [0.25, 0.3) is 0 Å². The van der Waals surface area contributed by atoms with Crippen molar-refractivity contribution in [3.8, 4) is 0 Å².